The van der Waals surface area contributed by atoms with Gasteiger partial charge in [-0.2, -0.15) is 0 Å². The number of hydrogen-bond donors (Lipinski definition) is 1. The van der Waals surface area contributed by atoms with Gasteiger partial charge in [-0.25, -0.2) is 4.79 Å². The monoisotopic (exact) mass is 622 g/mol. The maximum absolute atomic E-state index is 13.5. The summed E-state index contributed by atoms with van der Waals surface area (Å²) in [5.74, 6) is 1.08. The first-order valence-electron chi connectivity index (χ1n) is 15.4. The van der Waals surface area contributed by atoms with Gasteiger partial charge >= 0.3 is 6.03 Å². The van der Waals surface area contributed by atoms with Crippen LogP contribution < -0.4 is 9.47 Å². The summed E-state index contributed by atoms with van der Waals surface area (Å²) in [6.07, 6.45) is -1.50. The van der Waals surface area contributed by atoms with E-state index in [2.05, 4.69) is 0 Å². The Bertz CT molecular complexity index is 1570. The summed E-state index contributed by atoms with van der Waals surface area (Å²) in [6, 6.07) is 33.7. The number of urea groups is 1. The van der Waals surface area contributed by atoms with E-state index in [1.54, 1.807) is 43.4 Å². The molecule has 46 heavy (non-hydrogen) atoms. The second-order valence-electron chi connectivity index (χ2n) is 11.4. The lowest BCUT2D eigenvalue weighted by Crippen LogP contribution is -2.55. The van der Waals surface area contributed by atoms with Crippen molar-refractivity contribution in [3.8, 4) is 11.5 Å². The molecule has 2 fully saturated rings. The van der Waals surface area contributed by atoms with Gasteiger partial charge in [0, 0.05) is 25.1 Å². The number of methoxy groups -OCH3 is 2. The van der Waals surface area contributed by atoms with Gasteiger partial charge < -0.3 is 24.1 Å². The molecular formula is C37H38N2O7. The molecule has 2 heterocycles. The lowest BCUT2D eigenvalue weighted by Gasteiger charge is -2.38. The first kappa shape index (κ1) is 31.3. The molecule has 9 heteroatoms. The molecule has 0 unspecified atom stereocenters. The van der Waals surface area contributed by atoms with Crippen molar-refractivity contribution in [2.24, 2.45) is 0 Å². The van der Waals surface area contributed by atoms with Gasteiger partial charge in [0.25, 0.3) is 5.91 Å². The molecule has 6 rings (SSSR count). The van der Waals surface area contributed by atoms with E-state index in [-0.39, 0.29) is 18.9 Å². The predicted molar refractivity (Wildman–Crippen MR) is 172 cm³/mol. The molecule has 0 bridgehead atoms. The van der Waals surface area contributed by atoms with Crippen LogP contribution in [0.2, 0.25) is 0 Å². The number of aliphatic hydroxyl groups excluding tert-OH is 1. The fraction of sp³-hybridized carbons (Fsp3) is 0.297. The number of nitrogens with zero attached hydrogens (tertiary/aromatic N) is 2. The first-order chi connectivity index (χ1) is 22.4. The van der Waals surface area contributed by atoms with Crippen molar-refractivity contribution in [2.75, 3.05) is 33.9 Å². The van der Waals surface area contributed by atoms with E-state index in [1.165, 1.54) is 4.90 Å². The largest absolute Gasteiger partial charge is 0.497 e. The van der Waals surface area contributed by atoms with Crippen LogP contribution in [0.5, 0.6) is 11.5 Å². The fourth-order valence-electron chi connectivity index (χ4n) is 6.28. The minimum Gasteiger partial charge on any atom is -0.497 e. The van der Waals surface area contributed by atoms with Crippen LogP contribution in [-0.2, 0) is 15.1 Å². The van der Waals surface area contributed by atoms with E-state index < -0.39 is 30.1 Å². The highest BCUT2D eigenvalue weighted by atomic mass is 16.6. The molecule has 3 amide bonds. The Morgan fingerprint density at radius 2 is 1.35 bits per heavy atom. The Morgan fingerprint density at radius 1 is 0.804 bits per heavy atom. The smallest absolute Gasteiger partial charge is 0.329 e. The molecule has 2 aliphatic rings. The summed E-state index contributed by atoms with van der Waals surface area (Å²) in [5, 5.41) is 11.2. The van der Waals surface area contributed by atoms with Gasteiger partial charge in [-0.3, -0.25) is 14.6 Å². The molecule has 2 saturated heterocycles. The van der Waals surface area contributed by atoms with Gasteiger partial charge in [0.15, 0.2) is 0 Å². The molecule has 4 aromatic carbocycles. The molecule has 2 aliphatic heterocycles. The maximum atomic E-state index is 13.5. The zero-order valence-electron chi connectivity index (χ0n) is 26.0. The second kappa shape index (κ2) is 13.7. The Hall–Kier alpha value is -4.70. The summed E-state index contributed by atoms with van der Waals surface area (Å²) in [4.78, 5) is 29.5. The lowest BCUT2D eigenvalue weighted by atomic mass is 9.80. The third kappa shape index (κ3) is 6.09. The van der Waals surface area contributed by atoms with Gasteiger partial charge in [0.05, 0.1) is 26.9 Å². The van der Waals surface area contributed by atoms with Crippen molar-refractivity contribution in [3.63, 3.8) is 0 Å². The van der Waals surface area contributed by atoms with Crippen LogP contribution in [0.3, 0.4) is 0 Å². The molecule has 4 aromatic rings. The zero-order valence-corrected chi connectivity index (χ0v) is 26.0. The van der Waals surface area contributed by atoms with E-state index in [1.807, 2.05) is 84.9 Å². The van der Waals surface area contributed by atoms with E-state index in [9.17, 15) is 14.7 Å². The maximum Gasteiger partial charge on any atom is 0.329 e. The Labute approximate surface area is 268 Å². The topological polar surface area (TPSA) is 97.8 Å². The van der Waals surface area contributed by atoms with E-state index in [0.29, 0.717) is 36.6 Å². The number of rotatable bonds is 10. The van der Waals surface area contributed by atoms with Crippen LogP contribution in [0.4, 0.5) is 4.79 Å². The van der Waals surface area contributed by atoms with Gasteiger partial charge in [-0.05, 0) is 59.5 Å². The molecule has 0 spiro atoms. The predicted octanol–water partition coefficient (Wildman–Crippen LogP) is 5.46. The summed E-state index contributed by atoms with van der Waals surface area (Å²) >= 11 is 0. The Kier molecular flexibility index (Phi) is 9.35. The van der Waals surface area contributed by atoms with Crippen LogP contribution in [0.25, 0.3) is 0 Å². The molecule has 9 nitrogen and oxygen atoms in total. The molecule has 0 aromatic heterocycles. The molecule has 3 atom stereocenters. The third-order valence-electron chi connectivity index (χ3n) is 8.71. The van der Waals surface area contributed by atoms with Crippen molar-refractivity contribution >= 4 is 11.9 Å². The second-order valence-corrected chi connectivity index (χ2v) is 11.4. The van der Waals surface area contributed by atoms with Gasteiger partial charge in [-0.1, -0.05) is 72.8 Å². The SMILES string of the molecule is COc1ccc(C(OC[C@H]2O[C@@H](N3CCCN(C(=O)c4ccccc4)C3=O)C[C@@H]2O)(c2ccccc2)c2ccc(OC)cc2)cc1. The number of aliphatic hydroxyl groups is 1. The molecule has 0 aliphatic carbocycles. The van der Waals surface area contributed by atoms with Gasteiger partial charge in [0.2, 0.25) is 0 Å². The van der Waals surface area contributed by atoms with Crippen LogP contribution in [0.1, 0.15) is 39.9 Å². The number of hydrogen-bond acceptors (Lipinski definition) is 7. The quantitative estimate of drug-likeness (QED) is 0.235. The Morgan fingerprint density at radius 3 is 1.91 bits per heavy atom. The van der Waals surface area contributed by atoms with Crippen LogP contribution in [0.15, 0.2) is 109 Å². The van der Waals surface area contributed by atoms with Crippen molar-refractivity contribution < 1.29 is 33.6 Å². The van der Waals surface area contributed by atoms with Gasteiger partial charge in [-0.15, -0.1) is 0 Å². The minimum absolute atomic E-state index is 0.0271. The number of ether oxygens (including phenoxy) is 4. The average molecular weight is 623 g/mol. The van der Waals surface area contributed by atoms with E-state index >= 15 is 0 Å². The van der Waals surface area contributed by atoms with Crippen molar-refractivity contribution in [1.29, 1.82) is 0 Å². The summed E-state index contributed by atoms with van der Waals surface area (Å²) in [6.45, 7) is 0.779. The van der Waals surface area contributed by atoms with Crippen LogP contribution >= 0.6 is 0 Å². The number of amides is 3. The van der Waals surface area contributed by atoms with E-state index in [4.69, 9.17) is 18.9 Å². The summed E-state index contributed by atoms with van der Waals surface area (Å²) in [7, 11) is 3.25. The van der Waals surface area contributed by atoms with Crippen LogP contribution in [-0.4, -0.2) is 79.2 Å². The molecule has 238 valence electrons. The molecule has 1 N–H and O–H groups in total. The van der Waals surface area contributed by atoms with Crippen molar-refractivity contribution in [1.82, 2.24) is 9.80 Å². The normalized spacial score (nSPS) is 20.1. The third-order valence-corrected chi connectivity index (χ3v) is 8.71. The Balaban J connectivity index is 1.27. The molecule has 0 radical (unpaired) electrons. The number of carbonyl (C=O) groups excluding carboxylic acids is 2. The minimum atomic E-state index is -1.08. The fourth-order valence-corrected chi connectivity index (χ4v) is 6.28. The summed E-state index contributed by atoms with van der Waals surface area (Å²) < 4.78 is 24.2. The number of imide groups is 1. The highest BCUT2D eigenvalue weighted by Crippen LogP contribution is 2.42. The van der Waals surface area contributed by atoms with Crippen molar-refractivity contribution in [3.05, 3.63) is 131 Å². The average Bonchev–Trinajstić information content (AvgIpc) is 3.49. The molecular weight excluding hydrogens is 584 g/mol. The van der Waals surface area contributed by atoms with Crippen LogP contribution in [0, 0.1) is 0 Å². The zero-order chi connectivity index (χ0) is 32.1. The van der Waals surface area contributed by atoms with E-state index in [0.717, 1.165) is 16.7 Å². The van der Waals surface area contributed by atoms with Crippen molar-refractivity contribution in [2.45, 2.75) is 36.9 Å². The highest BCUT2D eigenvalue weighted by molar-refractivity contribution is 6.04. The number of benzene rings is 4. The molecule has 0 saturated carbocycles. The highest BCUT2D eigenvalue weighted by Gasteiger charge is 2.45. The first-order valence-corrected chi connectivity index (χ1v) is 15.4. The van der Waals surface area contributed by atoms with Gasteiger partial charge in [0.1, 0.15) is 29.4 Å². The standard InChI is InChI=1S/C37H38N2O7/c1-43-30-18-14-28(15-19-30)37(27-12-7-4-8-13-27,29-16-20-31(44-2)21-17-29)45-25-33-32(40)24-34(46-33)38-22-9-23-39(36(38)42)35(41)26-10-5-3-6-11-26/h3-8,10-21,32-34,40H,9,22-25H2,1-2H3/t32-,33+,34+/m0/s1. The lowest BCUT2D eigenvalue weighted by molar-refractivity contribution is -0.106. The summed E-state index contributed by atoms with van der Waals surface area (Å²) in [5.41, 5.74) is 1.96. The number of carbonyl (C=O) groups is 2.